The Bertz CT molecular complexity index is 906. The molecule has 0 spiro atoms. The van der Waals surface area contributed by atoms with Crippen LogP contribution in [0.25, 0.3) is 0 Å². The van der Waals surface area contributed by atoms with Crippen LogP contribution in [0.2, 0.25) is 0 Å². The molecule has 0 radical (unpaired) electrons. The first kappa shape index (κ1) is 20.5. The van der Waals surface area contributed by atoms with Crippen LogP contribution in [0.15, 0.2) is 35.8 Å². The molecule has 2 aliphatic heterocycles. The molecule has 8 heteroatoms. The van der Waals surface area contributed by atoms with Gasteiger partial charge in [-0.1, -0.05) is 6.07 Å². The van der Waals surface area contributed by atoms with Crippen molar-refractivity contribution in [1.82, 2.24) is 19.7 Å². The van der Waals surface area contributed by atoms with E-state index in [-0.39, 0.29) is 37.0 Å². The molecule has 4 rings (SSSR count). The summed E-state index contributed by atoms with van der Waals surface area (Å²) in [6.07, 6.45) is 3.35. The van der Waals surface area contributed by atoms with Crippen molar-refractivity contribution in [3.8, 4) is 0 Å². The lowest BCUT2D eigenvalue weighted by atomic mass is 10.1. The molecule has 30 heavy (non-hydrogen) atoms. The minimum atomic E-state index is -0.00610. The average Bonchev–Trinajstić information content (AvgIpc) is 3.26. The molecule has 0 unspecified atom stereocenters. The van der Waals surface area contributed by atoms with Crippen molar-refractivity contribution in [2.75, 3.05) is 32.7 Å². The summed E-state index contributed by atoms with van der Waals surface area (Å²) in [4.78, 5) is 48.5. The van der Waals surface area contributed by atoms with E-state index in [1.54, 1.807) is 27.3 Å². The Morgan fingerprint density at radius 1 is 0.867 bits per heavy atom. The van der Waals surface area contributed by atoms with Crippen LogP contribution in [0.3, 0.4) is 0 Å². The number of carbonyl (C=O) groups excluding carboxylic acids is 3. The number of nitrogens with zero attached hydrogens (tertiary/aromatic N) is 4. The van der Waals surface area contributed by atoms with E-state index in [4.69, 9.17) is 0 Å². The smallest absolute Gasteiger partial charge is 0.228 e. The number of hydrogen-bond acceptors (Lipinski definition) is 5. The van der Waals surface area contributed by atoms with Gasteiger partial charge in [0.15, 0.2) is 0 Å². The fourth-order valence-corrected chi connectivity index (χ4v) is 4.86. The number of carbonyl (C=O) groups is 3. The highest BCUT2D eigenvalue weighted by molar-refractivity contribution is 7.10. The Morgan fingerprint density at radius 2 is 1.57 bits per heavy atom. The van der Waals surface area contributed by atoms with Crippen molar-refractivity contribution in [3.63, 3.8) is 0 Å². The van der Waals surface area contributed by atoms with Crippen LogP contribution in [-0.2, 0) is 33.8 Å². The largest absolute Gasteiger partial charge is 0.339 e. The van der Waals surface area contributed by atoms with E-state index in [2.05, 4.69) is 16.4 Å². The van der Waals surface area contributed by atoms with E-state index < -0.39 is 0 Å². The molecular weight excluding hydrogens is 400 g/mol. The second-order valence-electron chi connectivity index (χ2n) is 7.69. The van der Waals surface area contributed by atoms with E-state index >= 15 is 0 Å². The molecule has 2 aliphatic rings. The normalized spacial score (nSPS) is 16.3. The monoisotopic (exact) mass is 426 g/mol. The van der Waals surface area contributed by atoms with E-state index in [1.165, 1.54) is 10.4 Å². The predicted molar refractivity (Wildman–Crippen MR) is 114 cm³/mol. The molecule has 4 heterocycles. The lowest BCUT2D eigenvalue weighted by Crippen LogP contribution is -2.51. The summed E-state index contributed by atoms with van der Waals surface area (Å²) in [7, 11) is 0. The Labute approximate surface area is 180 Å². The third-order valence-electron chi connectivity index (χ3n) is 5.76. The van der Waals surface area contributed by atoms with Gasteiger partial charge in [0.25, 0.3) is 0 Å². The first-order valence-corrected chi connectivity index (χ1v) is 11.3. The van der Waals surface area contributed by atoms with Crippen molar-refractivity contribution in [2.24, 2.45) is 0 Å². The molecule has 0 aliphatic carbocycles. The highest BCUT2D eigenvalue weighted by atomic mass is 32.1. The molecule has 0 bridgehead atoms. The number of rotatable bonds is 5. The molecule has 1 fully saturated rings. The molecule has 0 aromatic carbocycles. The summed E-state index contributed by atoms with van der Waals surface area (Å²) in [5.41, 5.74) is 1.99. The fourth-order valence-electron chi connectivity index (χ4n) is 3.97. The van der Waals surface area contributed by atoms with Gasteiger partial charge in [-0.05, 0) is 35.6 Å². The van der Waals surface area contributed by atoms with E-state index in [1.807, 2.05) is 23.1 Å². The SMILES string of the molecule is O=C(CCC(=O)N1CCc2sccc2C1)N1CCN(C(=O)Cc2ccccn2)CC1. The number of amides is 3. The first-order chi connectivity index (χ1) is 14.6. The Morgan fingerprint density at radius 3 is 2.27 bits per heavy atom. The number of thiophene rings is 1. The van der Waals surface area contributed by atoms with Gasteiger partial charge in [-0.2, -0.15) is 0 Å². The van der Waals surface area contributed by atoms with Gasteiger partial charge in [0.05, 0.1) is 6.42 Å². The molecule has 2 aromatic heterocycles. The Hall–Kier alpha value is -2.74. The molecule has 0 atom stereocenters. The maximum Gasteiger partial charge on any atom is 0.228 e. The van der Waals surface area contributed by atoms with Crippen molar-refractivity contribution >= 4 is 29.1 Å². The van der Waals surface area contributed by atoms with Crippen molar-refractivity contribution in [3.05, 3.63) is 52.0 Å². The molecular formula is C22H26N4O3S. The third kappa shape index (κ3) is 4.87. The van der Waals surface area contributed by atoms with Gasteiger partial charge in [0.2, 0.25) is 17.7 Å². The van der Waals surface area contributed by atoms with Crippen molar-refractivity contribution in [1.29, 1.82) is 0 Å². The summed E-state index contributed by atoms with van der Waals surface area (Å²) in [5, 5.41) is 2.07. The molecule has 0 saturated carbocycles. The summed E-state index contributed by atoms with van der Waals surface area (Å²) in [6, 6.07) is 7.62. The lowest BCUT2D eigenvalue weighted by molar-refractivity contribution is -0.141. The molecule has 1 saturated heterocycles. The number of aromatic nitrogens is 1. The zero-order valence-electron chi connectivity index (χ0n) is 17.0. The third-order valence-corrected chi connectivity index (χ3v) is 6.78. The quantitative estimate of drug-likeness (QED) is 0.730. The van der Waals surface area contributed by atoms with Gasteiger partial charge in [-0.25, -0.2) is 0 Å². The van der Waals surface area contributed by atoms with Crippen molar-refractivity contribution < 1.29 is 14.4 Å². The van der Waals surface area contributed by atoms with E-state index in [0.29, 0.717) is 32.7 Å². The number of pyridine rings is 1. The number of fused-ring (bicyclic) bond motifs is 1. The second-order valence-corrected chi connectivity index (χ2v) is 8.69. The predicted octanol–water partition coefficient (Wildman–Crippen LogP) is 1.72. The van der Waals surface area contributed by atoms with Gasteiger partial charge in [-0.15, -0.1) is 11.3 Å². The van der Waals surface area contributed by atoms with Crippen LogP contribution in [0.4, 0.5) is 0 Å². The van der Waals surface area contributed by atoms with Crippen LogP contribution in [0.1, 0.15) is 29.0 Å². The summed E-state index contributed by atoms with van der Waals surface area (Å²) in [6.45, 7) is 3.48. The zero-order chi connectivity index (χ0) is 20.9. The topological polar surface area (TPSA) is 73.8 Å². The zero-order valence-corrected chi connectivity index (χ0v) is 17.8. The second kappa shape index (κ2) is 9.38. The van der Waals surface area contributed by atoms with Crippen LogP contribution >= 0.6 is 11.3 Å². The fraction of sp³-hybridized carbons (Fsp3) is 0.455. The molecule has 158 valence electrons. The van der Waals surface area contributed by atoms with Gasteiger partial charge in [0.1, 0.15) is 0 Å². The van der Waals surface area contributed by atoms with E-state index in [9.17, 15) is 14.4 Å². The molecule has 0 N–H and O–H groups in total. The highest BCUT2D eigenvalue weighted by Gasteiger charge is 2.26. The first-order valence-electron chi connectivity index (χ1n) is 10.4. The molecule has 7 nitrogen and oxygen atoms in total. The highest BCUT2D eigenvalue weighted by Crippen LogP contribution is 2.24. The van der Waals surface area contributed by atoms with Crippen LogP contribution in [0.5, 0.6) is 0 Å². The minimum absolute atomic E-state index is 0.00610. The van der Waals surface area contributed by atoms with Crippen LogP contribution < -0.4 is 0 Å². The van der Waals surface area contributed by atoms with Gasteiger partial charge < -0.3 is 14.7 Å². The van der Waals surface area contributed by atoms with Gasteiger partial charge in [0, 0.05) is 68.9 Å². The van der Waals surface area contributed by atoms with Crippen molar-refractivity contribution in [2.45, 2.75) is 32.2 Å². The Kier molecular flexibility index (Phi) is 6.42. The van der Waals surface area contributed by atoms with E-state index in [0.717, 1.165) is 18.7 Å². The summed E-state index contributed by atoms with van der Waals surface area (Å²) >= 11 is 1.75. The van der Waals surface area contributed by atoms with Gasteiger partial charge in [-0.3, -0.25) is 19.4 Å². The standard InChI is InChI=1S/C22H26N4O3S/c27-20(4-5-21(28)26-9-6-19-17(16-26)7-14-30-19)24-10-12-25(13-11-24)22(29)15-18-3-1-2-8-23-18/h1-3,7-8,14H,4-6,9-13,15-16H2. The van der Waals surface area contributed by atoms with Crippen LogP contribution in [-0.4, -0.2) is 70.1 Å². The van der Waals surface area contributed by atoms with Crippen LogP contribution in [0, 0.1) is 0 Å². The summed E-state index contributed by atoms with van der Waals surface area (Å²) in [5.74, 6) is 0.0756. The average molecular weight is 427 g/mol. The maximum absolute atomic E-state index is 12.6. The molecule has 3 amide bonds. The lowest BCUT2D eigenvalue weighted by Gasteiger charge is -2.35. The number of hydrogen-bond donors (Lipinski definition) is 0. The maximum atomic E-state index is 12.6. The number of piperazine rings is 1. The Balaban J connectivity index is 1.19. The minimum Gasteiger partial charge on any atom is -0.339 e. The molecule has 2 aromatic rings. The summed E-state index contributed by atoms with van der Waals surface area (Å²) < 4.78 is 0. The van der Waals surface area contributed by atoms with Gasteiger partial charge >= 0.3 is 0 Å².